The van der Waals surface area contributed by atoms with Crippen molar-refractivity contribution in [2.45, 2.75) is 296 Å². The van der Waals surface area contributed by atoms with Crippen molar-refractivity contribution < 1.29 is 130 Å². The van der Waals surface area contributed by atoms with E-state index in [0.717, 1.165) is 122 Å². The minimum absolute atomic E-state index is 0.00839. The molecule has 0 heterocycles. The highest BCUT2D eigenvalue weighted by molar-refractivity contribution is 5.94. The molecule has 33 heteroatoms. The van der Waals surface area contributed by atoms with Crippen molar-refractivity contribution in [2.24, 2.45) is 23.5 Å². The summed E-state index contributed by atoms with van der Waals surface area (Å²) in [7, 11) is 0. The predicted molar refractivity (Wildman–Crippen MR) is 435 cm³/mol. The van der Waals surface area contributed by atoms with Crippen molar-refractivity contribution in [3.05, 3.63) is 0 Å². The van der Waals surface area contributed by atoms with Crippen LogP contribution in [0.1, 0.15) is 284 Å². The number of carbonyl (C=O) groups excluding carboxylic acids is 11. The zero-order valence-electron chi connectivity index (χ0n) is 70.7. The van der Waals surface area contributed by atoms with E-state index < -0.39 is 88.3 Å². The van der Waals surface area contributed by atoms with Gasteiger partial charge in [-0.3, -0.25) is 71.9 Å². The van der Waals surface area contributed by atoms with Gasteiger partial charge in [-0.2, -0.15) is 0 Å². The molecule has 117 heavy (non-hydrogen) atoms. The lowest BCUT2D eigenvalue weighted by Gasteiger charge is -2.22. The number of carboxylic acid groups (broad SMARTS) is 4. The third kappa shape index (κ3) is 72.6. The Balaban J connectivity index is 4.32. The van der Waals surface area contributed by atoms with Crippen LogP contribution in [0.25, 0.3) is 0 Å². The van der Waals surface area contributed by atoms with Crippen LogP contribution in [0.4, 0.5) is 0 Å². The summed E-state index contributed by atoms with van der Waals surface area (Å²) in [6.45, 7) is 6.75. The number of rotatable bonds is 88. The second-order valence-electron chi connectivity index (χ2n) is 30.5. The number of ether oxygens (including phenoxy) is 8. The molecular formula is C84H146N6O27. The fraction of sp³-hybridized carbons (Fsp3) is 0.821. The molecular weight excluding hydrogens is 1520 g/mol. The number of unbranched alkanes of at least 4 members (excludes halogenated alkanes) is 20. The van der Waals surface area contributed by atoms with Crippen molar-refractivity contribution in [3.63, 3.8) is 0 Å². The number of hydrogen-bond donors (Lipinski definition) is 10. The van der Waals surface area contributed by atoms with Crippen LogP contribution < -0.4 is 32.3 Å². The predicted octanol–water partition coefficient (Wildman–Crippen LogP) is 8.42. The fourth-order valence-corrected chi connectivity index (χ4v) is 12.3. The van der Waals surface area contributed by atoms with E-state index in [1.807, 2.05) is 0 Å². The quantitative estimate of drug-likeness (QED) is 0.0255. The summed E-state index contributed by atoms with van der Waals surface area (Å²) in [5.74, 6) is -10.4. The summed E-state index contributed by atoms with van der Waals surface area (Å²) < 4.78 is 43.4. The number of nitrogens with one attached hydrogen (secondary N) is 5. The summed E-state index contributed by atoms with van der Waals surface area (Å²) in [5, 5.41) is 50.7. The first-order valence-corrected chi connectivity index (χ1v) is 42.9. The Morgan fingerprint density at radius 1 is 0.299 bits per heavy atom. The number of hydrogen-bond acceptors (Lipinski definition) is 24. The molecule has 0 radical (unpaired) electrons. The minimum atomic E-state index is -1.27. The maximum atomic E-state index is 13.7. The monoisotopic (exact) mass is 1670 g/mol. The zero-order chi connectivity index (χ0) is 86.8. The lowest BCUT2D eigenvalue weighted by Crippen LogP contribution is -2.43. The molecule has 0 aliphatic heterocycles. The topological polar surface area (TPSA) is 497 Å². The van der Waals surface area contributed by atoms with Gasteiger partial charge in [-0.05, 0) is 97.8 Å². The van der Waals surface area contributed by atoms with E-state index in [2.05, 4.69) is 26.6 Å². The van der Waals surface area contributed by atoms with Gasteiger partial charge in [-0.15, -0.1) is 0 Å². The van der Waals surface area contributed by atoms with Gasteiger partial charge in [0, 0.05) is 116 Å². The van der Waals surface area contributed by atoms with Crippen LogP contribution in [-0.2, 0) is 110 Å². The Kier molecular flexibility index (Phi) is 70.6. The first kappa shape index (κ1) is 110. The number of Topliss-reactive ketones (excluding diaryl/α,β-unsaturated/α-hetero) is 6. The standard InChI is InChI=1S/C84H146N6O27/c1-65(91)72(90-79(101)64-117-57-51-111-47-29-34-70(93)61-114-54-52-112-48-44-88-75(97)35-21-17-13-9-5-7-11-15-19-23-37-81(104)105)39-41-77(99)87-43-27-25-31-67(82(106)107)59-73(95)66(60-74(96)84(2,3)85)30-24-26-42-86-76(98)40-38-68(83(108)109)58-71(94)62-115-55-53-113-49-45-89-78(100)63-116-56-50-110-46-28-33-69(92)32-20-16-12-8-4-6-10-14-18-22-36-80(102)103/h66-68,72H,4-64,85H2,1-3H3,(H,86,98)(H,87,99)(H,88,97)(H,89,100)(H,90,101)(H,102,103)(H,104,105)(H,106,107)(H,108,109)/t66-,67-,68-,72+/m1/s1. The number of amides is 5. The first-order chi connectivity index (χ1) is 56.1. The van der Waals surface area contributed by atoms with Gasteiger partial charge in [0.1, 0.15) is 38.0 Å². The zero-order valence-corrected chi connectivity index (χ0v) is 70.7. The molecule has 0 bridgehead atoms. The van der Waals surface area contributed by atoms with Gasteiger partial charge in [-0.1, -0.05) is 116 Å². The average molecular weight is 1670 g/mol. The van der Waals surface area contributed by atoms with Crippen LogP contribution in [-0.4, -0.2) is 252 Å². The van der Waals surface area contributed by atoms with Crippen LogP contribution in [0.2, 0.25) is 0 Å². The lowest BCUT2D eigenvalue weighted by molar-refractivity contribution is -0.145. The number of ketones is 6. The molecule has 674 valence electrons. The van der Waals surface area contributed by atoms with Crippen molar-refractivity contribution >= 4 is 88.1 Å². The highest BCUT2D eigenvalue weighted by Gasteiger charge is 2.32. The van der Waals surface area contributed by atoms with E-state index >= 15 is 0 Å². The van der Waals surface area contributed by atoms with E-state index in [0.29, 0.717) is 77.5 Å². The van der Waals surface area contributed by atoms with Crippen LogP contribution in [0.3, 0.4) is 0 Å². The third-order valence-corrected chi connectivity index (χ3v) is 19.3. The Bertz CT molecular complexity index is 2790. The van der Waals surface area contributed by atoms with Gasteiger partial charge in [0.05, 0.1) is 89.5 Å². The summed E-state index contributed by atoms with van der Waals surface area (Å²) in [4.78, 5) is 184. The van der Waals surface area contributed by atoms with E-state index in [1.165, 1.54) is 27.2 Å². The molecule has 11 N–H and O–H groups in total. The van der Waals surface area contributed by atoms with Crippen LogP contribution in [0.15, 0.2) is 0 Å². The summed E-state index contributed by atoms with van der Waals surface area (Å²) in [6, 6.07) is -0.958. The smallest absolute Gasteiger partial charge is 0.306 e. The van der Waals surface area contributed by atoms with Gasteiger partial charge in [0.2, 0.25) is 29.5 Å². The Labute approximate surface area is 693 Å². The molecule has 4 atom stereocenters. The summed E-state index contributed by atoms with van der Waals surface area (Å²) in [6.07, 6.45) is 24.4. The highest BCUT2D eigenvalue weighted by Crippen LogP contribution is 2.25. The third-order valence-electron chi connectivity index (χ3n) is 19.3. The van der Waals surface area contributed by atoms with Crippen molar-refractivity contribution in [3.8, 4) is 0 Å². The number of nitrogens with two attached hydrogens (primary N) is 1. The molecule has 0 aromatic heterocycles. The van der Waals surface area contributed by atoms with Gasteiger partial charge in [0.25, 0.3) is 0 Å². The molecule has 0 aliphatic rings. The molecule has 0 spiro atoms. The van der Waals surface area contributed by atoms with Gasteiger partial charge < -0.3 is 90.6 Å². The minimum Gasteiger partial charge on any atom is -0.481 e. The van der Waals surface area contributed by atoms with Crippen LogP contribution >= 0.6 is 0 Å². The van der Waals surface area contributed by atoms with Crippen LogP contribution in [0.5, 0.6) is 0 Å². The van der Waals surface area contributed by atoms with Gasteiger partial charge >= 0.3 is 23.9 Å². The number of carbonyl (C=O) groups is 15. The molecule has 0 saturated carbocycles. The fourth-order valence-electron chi connectivity index (χ4n) is 12.3. The maximum absolute atomic E-state index is 13.7. The van der Waals surface area contributed by atoms with E-state index in [4.69, 9.17) is 53.8 Å². The normalized spacial score (nSPS) is 12.4. The van der Waals surface area contributed by atoms with Crippen LogP contribution in [0, 0.1) is 17.8 Å². The Morgan fingerprint density at radius 3 is 1.10 bits per heavy atom. The second kappa shape index (κ2) is 75.1. The molecule has 0 aliphatic carbocycles. The Morgan fingerprint density at radius 2 is 0.650 bits per heavy atom. The highest BCUT2D eigenvalue weighted by atomic mass is 16.5. The van der Waals surface area contributed by atoms with E-state index in [1.54, 1.807) is 0 Å². The summed E-state index contributed by atoms with van der Waals surface area (Å²) >= 11 is 0. The van der Waals surface area contributed by atoms with E-state index in [-0.39, 0.29) is 218 Å². The van der Waals surface area contributed by atoms with Gasteiger partial charge in [0.15, 0.2) is 23.1 Å². The molecule has 0 saturated heterocycles. The second-order valence-corrected chi connectivity index (χ2v) is 30.5. The number of carboxylic acids is 4. The molecule has 0 unspecified atom stereocenters. The van der Waals surface area contributed by atoms with E-state index in [9.17, 15) is 82.1 Å². The molecule has 0 rings (SSSR count). The average Bonchev–Trinajstić information content (AvgIpc) is 0.866. The molecule has 0 aromatic rings. The molecule has 33 nitrogen and oxygen atoms in total. The van der Waals surface area contributed by atoms with Crippen molar-refractivity contribution in [1.29, 1.82) is 0 Å². The molecule has 5 amide bonds. The summed E-state index contributed by atoms with van der Waals surface area (Å²) in [5.41, 5.74) is 4.79. The Hall–Kier alpha value is -7.11. The van der Waals surface area contributed by atoms with Gasteiger partial charge in [-0.25, -0.2) is 0 Å². The number of aliphatic carboxylic acids is 4. The molecule has 0 aromatic carbocycles. The lowest BCUT2D eigenvalue weighted by atomic mass is 9.83. The first-order valence-electron chi connectivity index (χ1n) is 42.9. The maximum Gasteiger partial charge on any atom is 0.306 e. The van der Waals surface area contributed by atoms with Crippen molar-refractivity contribution in [1.82, 2.24) is 26.6 Å². The van der Waals surface area contributed by atoms with Crippen molar-refractivity contribution in [2.75, 3.05) is 132 Å². The molecule has 0 fully saturated rings. The largest absolute Gasteiger partial charge is 0.481 e. The SMILES string of the molecule is CC(=O)[C@H](CCC(=O)NCCCC[C@H](CC(=O)[C@H](CCCCNC(=O)CC[C@H](CC(=O)COCCOCCNC(=O)COCCOCCCC(=O)CCCCCCCCCCCCC(=O)O)C(=O)O)CC(=O)C(C)(C)N)C(=O)O)NC(=O)COCCOCCCC(=O)COCCOCCNC(=O)CCCCCCCCCCCCC(=O)O.